The van der Waals surface area contributed by atoms with Gasteiger partial charge in [0, 0.05) is 11.1 Å². The average Bonchev–Trinajstić information content (AvgIpc) is 2.55. The second kappa shape index (κ2) is 5.74. The molecule has 0 unspecified atom stereocenters. The Morgan fingerprint density at radius 3 is 2.55 bits per heavy atom. The standard InChI is InChI=1S/C18H15N3O/c1-2-12-7-9-13(10-8-12)20-17-14-5-3-4-6-16(14)21-18(22)15(17)11-19/h3-10H,2H2,1H3,(H2,20,21,22). The topological polar surface area (TPSA) is 68.7 Å². The van der Waals surface area contributed by atoms with Crippen LogP contribution in [0.25, 0.3) is 10.9 Å². The molecule has 0 bridgehead atoms. The zero-order valence-corrected chi connectivity index (χ0v) is 12.2. The third kappa shape index (κ3) is 2.45. The summed E-state index contributed by atoms with van der Waals surface area (Å²) in [5.74, 6) is 0. The van der Waals surface area contributed by atoms with Crippen LogP contribution in [0.2, 0.25) is 0 Å². The van der Waals surface area contributed by atoms with E-state index in [1.165, 1.54) is 5.56 Å². The third-order valence-corrected chi connectivity index (χ3v) is 3.66. The number of nitrogens with one attached hydrogen (secondary N) is 2. The highest BCUT2D eigenvalue weighted by molar-refractivity contribution is 5.95. The molecular formula is C18H15N3O. The van der Waals surface area contributed by atoms with Crippen LogP contribution in [0, 0.1) is 11.3 Å². The lowest BCUT2D eigenvalue weighted by atomic mass is 10.1. The number of hydrogen-bond donors (Lipinski definition) is 2. The largest absolute Gasteiger partial charge is 0.354 e. The third-order valence-electron chi connectivity index (χ3n) is 3.66. The van der Waals surface area contributed by atoms with Crippen LogP contribution < -0.4 is 10.9 Å². The highest BCUT2D eigenvalue weighted by Gasteiger charge is 2.12. The summed E-state index contributed by atoms with van der Waals surface area (Å²) >= 11 is 0. The number of nitrogens with zero attached hydrogens (tertiary/aromatic N) is 1. The van der Waals surface area contributed by atoms with Crippen LogP contribution in [-0.4, -0.2) is 4.98 Å². The molecule has 0 aliphatic carbocycles. The zero-order valence-electron chi connectivity index (χ0n) is 12.2. The fourth-order valence-electron chi connectivity index (χ4n) is 2.45. The monoisotopic (exact) mass is 289 g/mol. The van der Waals surface area contributed by atoms with Crippen molar-refractivity contribution in [2.45, 2.75) is 13.3 Å². The Bertz CT molecular complexity index is 918. The van der Waals surface area contributed by atoms with Gasteiger partial charge < -0.3 is 10.3 Å². The summed E-state index contributed by atoms with van der Waals surface area (Å²) in [7, 11) is 0. The summed E-state index contributed by atoms with van der Waals surface area (Å²) in [4.78, 5) is 14.8. The zero-order chi connectivity index (χ0) is 15.5. The maximum absolute atomic E-state index is 12.1. The number of aromatic amines is 1. The number of benzene rings is 2. The Kier molecular flexibility index (Phi) is 3.63. The molecule has 4 heteroatoms. The van der Waals surface area contributed by atoms with Crippen molar-refractivity contribution in [3.63, 3.8) is 0 Å². The van der Waals surface area contributed by atoms with Crippen molar-refractivity contribution in [3.05, 3.63) is 70.0 Å². The average molecular weight is 289 g/mol. The van der Waals surface area contributed by atoms with Gasteiger partial charge in [-0.1, -0.05) is 37.3 Å². The Hall–Kier alpha value is -3.06. The van der Waals surface area contributed by atoms with Crippen molar-refractivity contribution in [3.8, 4) is 6.07 Å². The molecule has 1 aromatic heterocycles. The van der Waals surface area contributed by atoms with Crippen molar-refractivity contribution >= 4 is 22.3 Å². The molecule has 3 aromatic rings. The second-order valence-corrected chi connectivity index (χ2v) is 5.04. The summed E-state index contributed by atoms with van der Waals surface area (Å²) in [5, 5.41) is 13.3. The molecule has 0 fully saturated rings. The van der Waals surface area contributed by atoms with Gasteiger partial charge in [0.05, 0.1) is 11.2 Å². The minimum absolute atomic E-state index is 0.0956. The van der Waals surface area contributed by atoms with Crippen LogP contribution in [0.5, 0.6) is 0 Å². The molecule has 0 amide bonds. The van der Waals surface area contributed by atoms with E-state index < -0.39 is 0 Å². The van der Waals surface area contributed by atoms with E-state index in [1.54, 1.807) is 0 Å². The predicted octanol–water partition coefficient (Wildman–Crippen LogP) is 3.71. The summed E-state index contributed by atoms with van der Waals surface area (Å²) in [6.07, 6.45) is 0.970. The molecule has 1 heterocycles. The smallest absolute Gasteiger partial charge is 0.268 e. The van der Waals surface area contributed by atoms with Gasteiger partial charge in [0.25, 0.3) is 5.56 Å². The first kappa shape index (κ1) is 13.9. The van der Waals surface area contributed by atoms with Crippen molar-refractivity contribution in [2.75, 3.05) is 5.32 Å². The number of aromatic nitrogens is 1. The normalized spacial score (nSPS) is 10.4. The van der Waals surface area contributed by atoms with Crippen LogP contribution in [0.3, 0.4) is 0 Å². The molecule has 3 rings (SSSR count). The molecule has 4 nitrogen and oxygen atoms in total. The molecule has 0 spiro atoms. The van der Waals surface area contributed by atoms with E-state index in [0.717, 1.165) is 17.5 Å². The van der Waals surface area contributed by atoms with Crippen LogP contribution in [0.1, 0.15) is 18.1 Å². The Morgan fingerprint density at radius 1 is 1.14 bits per heavy atom. The second-order valence-electron chi connectivity index (χ2n) is 5.04. The van der Waals surface area contributed by atoms with Crippen molar-refractivity contribution in [1.29, 1.82) is 5.26 Å². The molecule has 0 saturated carbocycles. The number of hydrogen-bond acceptors (Lipinski definition) is 3. The van der Waals surface area contributed by atoms with E-state index in [0.29, 0.717) is 11.2 Å². The van der Waals surface area contributed by atoms with Crippen LogP contribution in [-0.2, 0) is 6.42 Å². The molecule has 0 aliphatic rings. The van der Waals surface area contributed by atoms with E-state index in [-0.39, 0.29) is 11.1 Å². The summed E-state index contributed by atoms with van der Waals surface area (Å²) < 4.78 is 0. The van der Waals surface area contributed by atoms with Crippen LogP contribution in [0.15, 0.2) is 53.3 Å². The van der Waals surface area contributed by atoms with Gasteiger partial charge >= 0.3 is 0 Å². The minimum atomic E-state index is -0.381. The predicted molar refractivity (Wildman–Crippen MR) is 88.4 cm³/mol. The van der Waals surface area contributed by atoms with E-state index in [4.69, 9.17) is 0 Å². The molecule has 0 atom stereocenters. The first-order chi connectivity index (χ1) is 10.7. The molecule has 108 valence electrons. The van der Waals surface area contributed by atoms with Crippen molar-refractivity contribution in [1.82, 2.24) is 4.98 Å². The molecule has 22 heavy (non-hydrogen) atoms. The molecule has 2 aromatic carbocycles. The van der Waals surface area contributed by atoms with Crippen molar-refractivity contribution in [2.24, 2.45) is 0 Å². The van der Waals surface area contributed by atoms with E-state index in [9.17, 15) is 10.1 Å². The number of anilines is 2. The van der Waals surface area contributed by atoms with Crippen molar-refractivity contribution < 1.29 is 0 Å². The van der Waals surface area contributed by atoms with Gasteiger partial charge in [-0.15, -0.1) is 0 Å². The van der Waals surface area contributed by atoms with Gasteiger partial charge in [0.1, 0.15) is 11.6 Å². The fourth-order valence-corrected chi connectivity index (χ4v) is 2.45. The van der Waals surface area contributed by atoms with E-state index in [2.05, 4.69) is 17.2 Å². The van der Waals surface area contributed by atoms with E-state index in [1.807, 2.05) is 54.6 Å². The first-order valence-electron chi connectivity index (χ1n) is 7.14. The van der Waals surface area contributed by atoms with Gasteiger partial charge in [-0.25, -0.2) is 0 Å². The number of pyridine rings is 1. The van der Waals surface area contributed by atoms with Gasteiger partial charge in [-0.05, 0) is 30.2 Å². The van der Waals surface area contributed by atoms with Crippen LogP contribution in [0.4, 0.5) is 11.4 Å². The van der Waals surface area contributed by atoms with Crippen LogP contribution >= 0.6 is 0 Å². The lowest BCUT2D eigenvalue weighted by Gasteiger charge is -2.11. The molecule has 0 aliphatic heterocycles. The number of fused-ring (bicyclic) bond motifs is 1. The highest BCUT2D eigenvalue weighted by Crippen LogP contribution is 2.26. The number of rotatable bonds is 3. The maximum Gasteiger partial charge on any atom is 0.268 e. The van der Waals surface area contributed by atoms with Gasteiger partial charge in [-0.3, -0.25) is 4.79 Å². The molecule has 0 saturated heterocycles. The maximum atomic E-state index is 12.1. The number of nitriles is 1. The first-order valence-corrected chi connectivity index (χ1v) is 7.14. The lowest BCUT2D eigenvalue weighted by molar-refractivity contribution is 1.14. The Morgan fingerprint density at radius 2 is 1.86 bits per heavy atom. The molecule has 2 N–H and O–H groups in total. The molecular weight excluding hydrogens is 274 g/mol. The number of para-hydroxylation sites is 1. The van der Waals surface area contributed by atoms with Gasteiger partial charge in [-0.2, -0.15) is 5.26 Å². The number of aryl methyl sites for hydroxylation is 1. The Labute approximate surface area is 128 Å². The SMILES string of the molecule is CCc1ccc(Nc2c(C#N)c(=O)[nH]c3ccccc23)cc1. The van der Waals surface area contributed by atoms with Gasteiger partial charge in [0.2, 0.25) is 0 Å². The summed E-state index contributed by atoms with van der Waals surface area (Å²) in [6, 6.07) is 17.4. The van der Waals surface area contributed by atoms with Gasteiger partial charge in [0.15, 0.2) is 0 Å². The van der Waals surface area contributed by atoms with E-state index >= 15 is 0 Å². The minimum Gasteiger partial charge on any atom is -0.354 e. The Balaban J connectivity index is 2.16. The summed E-state index contributed by atoms with van der Waals surface area (Å²) in [6.45, 7) is 2.10. The number of H-pyrrole nitrogens is 1. The lowest BCUT2D eigenvalue weighted by Crippen LogP contribution is -2.13. The quantitative estimate of drug-likeness (QED) is 0.772. The summed E-state index contributed by atoms with van der Waals surface area (Å²) in [5.41, 5.74) is 3.06. The molecule has 0 radical (unpaired) electrons. The fraction of sp³-hybridized carbons (Fsp3) is 0.111. The highest BCUT2D eigenvalue weighted by atomic mass is 16.1.